The molecule has 1 aliphatic rings. The Morgan fingerprint density at radius 1 is 1.37 bits per heavy atom. The molecule has 0 heterocycles. The molecule has 0 aromatic heterocycles. The first kappa shape index (κ1) is 14.1. The summed E-state index contributed by atoms with van der Waals surface area (Å²) < 4.78 is 0.647. The highest BCUT2D eigenvalue weighted by Gasteiger charge is 2.53. The van der Waals surface area contributed by atoms with Crippen LogP contribution in [0, 0.1) is 5.92 Å². The number of benzene rings is 1. The molecule has 0 unspecified atom stereocenters. The fraction of sp³-hybridized carbons (Fsp3) is 0.333. The molecule has 0 spiro atoms. The molecular formula is C12H11BrClNO4. The van der Waals surface area contributed by atoms with Gasteiger partial charge in [0.05, 0.1) is 10.9 Å². The molecule has 1 aliphatic carbocycles. The molecule has 0 saturated heterocycles. The minimum Gasteiger partial charge on any atom is -0.481 e. The van der Waals surface area contributed by atoms with Gasteiger partial charge in [-0.25, -0.2) is 4.79 Å². The maximum Gasteiger partial charge on any atom is 0.329 e. The van der Waals surface area contributed by atoms with Crippen molar-refractivity contribution in [3.63, 3.8) is 0 Å². The number of nitrogens with one attached hydrogen (secondary N) is 1. The summed E-state index contributed by atoms with van der Waals surface area (Å²) in [6.45, 7) is 0. The molecule has 1 aromatic carbocycles. The second kappa shape index (κ2) is 5.02. The van der Waals surface area contributed by atoms with E-state index in [-0.39, 0.29) is 12.8 Å². The van der Waals surface area contributed by atoms with Crippen molar-refractivity contribution in [2.45, 2.75) is 18.4 Å². The van der Waals surface area contributed by atoms with Gasteiger partial charge in [0.25, 0.3) is 0 Å². The Balaban J connectivity index is 2.17. The molecule has 0 bridgehead atoms. The summed E-state index contributed by atoms with van der Waals surface area (Å²) in [5, 5.41) is 21.5. The van der Waals surface area contributed by atoms with Gasteiger partial charge in [0.1, 0.15) is 5.54 Å². The van der Waals surface area contributed by atoms with Gasteiger partial charge in [0.2, 0.25) is 0 Å². The summed E-state index contributed by atoms with van der Waals surface area (Å²) in [6, 6.07) is 4.96. The van der Waals surface area contributed by atoms with Gasteiger partial charge in [-0.2, -0.15) is 0 Å². The monoisotopic (exact) mass is 347 g/mol. The zero-order valence-electron chi connectivity index (χ0n) is 9.69. The number of halogens is 2. The van der Waals surface area contributed by atoms with Gasteiger partial charge in [0, 0.05) is 10.2 Å². The number of rotatable bonds is 4. The number of carboxylic acids is 2. The van der Waals surface area contributed by atoms with E-state index in [0.717, 1.165) is 0 Å². The lowest BCUT2D eigenvalue weighted by atomic mass is 9.68. The zero-order valence-corrected chi connectivity index (χ0v) is 12.0. The van der Waals surface area contributed by atoms with Crippen molar-refractivity contribution in [3.05, 3.63) is 27.7 Å². The van der Waals surface area contributed by atoms with Gasteiger partial charge < -0.3 is 15.5 Å². The van der Waals surface area contributed by atoms with Crippen molar-refractivity contribution in [1.29, 1.82) is 0 Å². The fourth-order valence-electron chi connectivity index (χ4n) is 2.14. The number of carbonyl (C=O) groups is 2. The maximum absolute atomic E-state index is 11.3. The zero-order chi connectivity index (χ0) is 14.2. The number of carboxylic acid groups (broad SMARTS) is 2. The van der Waals surface area contributed by atoms with Crippen LogP contribution in [0.1, 0.15) is 12.8 Å². The topological polar surface area (TPSA) is 86.6 Å². The highest BCUT2D eigenvalue weighted by Crippen LogP contribution is 2.41. The average molecular weight is 349 g/mol. The molecule has 5 nitrogen and oxygen atoms in total. The van der Waals surface area contributed by atoms with Crippen LogP contribution >= 0.6 is 27.5 Å². The third kappa shape index (κ3) is 2.69. The lowest BCUT2D eigenvalue weighted by Crippen LogP contribution is -2.58. The Morgan fingerprint density at radius 2 is 2.00 bits per heavy atom. The quantitative estimate of drug-likeness (QED) is 0.779. The lowest BCUT2D eigenvalue weighted by Gasteiger charge is -2.43. The van der Waals surface area contributed by atoms with Gasteiger partial charge in [-0.15, -0.1) is 0 Å². The summed E-state index contributed by atoms with van der Waals surface area (Å²) in [6.07, 6.45) is 0.135. The molecule has 19 heavy (non-hydrogen) atoms. The van der Waals surface area contributed by atoms with Gasteiger partial charge in [-0.05, 0) is 47.0 Å². The molecule has 0 amide bonds. The van der Waals surface area contributed by atoms with Crippen LogP contribution in [0.2, 0.25) is 5.02 Å². The predicted octanol–water partition coefficient (Wildman–Crippen LogP) is 2.83. The Morgan fingerprint density at radius 3 is 2.47 bits per heavy atom. The summed E-state index contributed by atoms with van der Waals surface area (Å²) >= 11 is 9.11. The second-order valence-corrected chi connectivity index (χ2v) is 5.85. The summed E-state index contributed by atoms with van der Waals surface area (Å²) in [7, 11) is 0. The molecule has 1 fully saturated rings. The van der Waals surface area contributed by atoms with Crippen LogP contribution < -0.4 is 5.32 Å². The molecule has 2 rings (SSSR count). The molecule has 7 heteroatoms. The van der Waals surface area contributed by atoms with E-state index in [0.29, 0.717) is 15.2 Å². The predicted molar refractivity (Wildman–Crippen MR) is 73.5 cm³/mol. The molecule has 1 aromatic rings. The highest BCUT2D eigenvalue weighted by atomic mass is 79.9. The number of hydrogen-bond acceptors (Lipinski definition) is 3. The molecule has 1 saturated carbocycles. The van der Waals surface area contributed by atoms with E-state index in [1.54, 1.807) is 18.2 Å². The summed E-state index contributed by atoms with van der Waals surface area (Å²) in [4.78, 5) is 22.1. The van der Waals surface area contributed by atoms with Crippen molar-refractivity contribution in [3.8, 4) is 0 Å². The van der Waals surface area contributed by atoms with E-state index in [2.05, 4.69) is 21.2 Å². The number of anilines is 1. The maximum atomic E-state index is 11.3. The lowest BCUT2D eigenvalue weighted by molar-refractivity contribution is -0.155. The van der Waals surface area contributed by atoms with E-state index in [1.165, 1.54) is 0 Å². The van der Waals surface area contributed by atoms with E-state index in [4.69, 9.17) is 16.7 Å². The third-order valence-corrected chi connectivity index (χ3v) is 4.47. The Labute approximate surface area is 122 Å². The van der Waals surface area contributed by atoms with Crippen LogP contribution in [0.5, 0.6) is 0 Å². The second-order valence-electron chi connectivity index (χ2n) is 4.58. The first-order valence-corrected chi connectivity index (χ1v) is 6.70. The van der Waals surface area contributed by atoms with Gasteiger partial charge in [-0.1, -0.05) is 11.6 Å². The van der Waals surface area contributed by atoms with E-state index >= 15 is 0 Å². The van der Waals surface area contributed by atoms with Crippen LogP contribution in [0.3, 0.4) is 0 Å². The van der Waals surface area contributed by atoms with Crippen LogP contribution in [0.25, 0.3) is 0 Å². The van der Waals surface area contributed by atoms with Gasteiger partial charge in [-0.3, -0.25) is 4.79 Å². The van der Waals surface area contributed by atoms with Crippen LogP contribution in [0.15, 0.2) is 22.7 Å². The van der Waals surface area contributed by atoms with Crippen LogP contribution in [0.4, 0.5) is 5.69 Å². The van der Waals surface area contributed by atoms with Crippen LogP contribution in [-0.2, 0) is 9.59 Å². The molecule has 0 atom stereocenters. The van der Waals surface area contributed by atoms with Crippen molar-refractivity contribution in [1.82, 2.24) is 0 Å². The Kier molecular flexibility index (Phi) is 3.73. The molecular weight excluding hydrogens is 337 g/mol. The minimum absolute atomic E-state index is 0.0674. The number of hydrogen-bond donors (Lipinski definition) is 3. The van der Waals surface area contributed by atoms with E-state index in [9.17, 15) is 14.7 Å². The Bertz CT molecular complexity index is 543. The standard InChI is InChI=1S/C12H11BrClNO4/c13-8-3-7(1-2-9(8)14)15-12(11(18)19)4-6(5-12)10(16)17/h1-3,6,15H,4-5H2,(H,16,17)(H,18,19). The molecule has 102 valence electrons. The van der Waals surface area contributed by atoms with Gasteiger partial charge in [0.15, 0.2) is 0 Å². The smallest absolute Gasteiger partial charge is 0.329 e. The fourth-order valence-corrected chi connectivity index (χ4v) is 2.63. The summed E-state index contributed by atoms with van der Waals surface area (Å²) in [5.74, 6) is -2.62. The average Bonchev–Trinajstić information content (AvgIpc) is 2.26. The molecule has 3 N–H and O–H groups in total. The van der Waals surface area contributed by atoms with Crippen molar-refractivity contribution >= 4 is 45.2 Å². The third-order valence-electron chi connectivity index (χ3n) is 3.25. The van der Waals surface area contributed by atoms with Crippen molar-refractivity contribution < 1.29 is 19.8 Å². The highest BCUT2D eigenvalue weighted by molar-refractivity contribution is 9.10. The largest absolute Gasteiger partial charge is 0.481 e. The minimum atomic E-state index is -1.21. The first-order chi connectivity index (χ1) is 8.84. The van der Waals surface area contributed by atoms with Crippen LogP contribution in [-0.4, -0.2) is 27.7 Å². The number of aliphatic carboxylic acids is 2. The molecule has 0 radical (unpaired) electrons. The van der Waals surface area contributed by atoms with E-state index in [1.807, 2.05) is 0 Å². The first-order valence-electron chi connectivity index (χ1n) is 5.53. The summed E-state index contributed by atoms with van der Waals surface area (Å²) in [5.41, 5.74) is -0.626. The normalized spacial score (nSPS) is 25.5. The van der Waals surface area contributed by atoms with Gasteiger partial charge >= 0.3 is 11.9 Å². The Hall–Kier alpha value is -1.27. The van der Waals surface area contributed by atoms with Crippen molar-refractivity contribution in [2.24, 2.45) is 5.92 Å². The molecule has 0 aliphatic heterocycles. The SMILES string of the molecule is O=C(O)C1CC(Nc2ccc(Cl)c(Br)c2)(C(=O)O)C1. The van der Waals surface area contributed by atoms with Crippen molar-refractivity contribution in [2.75, 3.05) is 5.32 Å². The van der Waals surface area contributed by atoms with E-state index < -0.39 is 23.4 Å².